The summed E-state index contributed by atoms with van der Waals surface area (Å²) >= 11 is 0. The van der Waals surface area contributed by atoms with Crippen molar-refractivity contribution in [3.8, 4) is 39.7 Å². The van der Waals surface area contributed by atoms with Crippen molar-refractivity contribution in [1.29, 1.82) is 5.26 Å². The third-order valence-corrected chi connectivity index (χ3v) is 12.0. The predicted octanol–water partition coefficient (Wildman–Crippen LogP) is 13.4. The van der Waals surface area contributed by atoms with Gasteiger partial charge in [0.05, 0.1) is 45.6 Å². The predicted molar refractivity (Wildman–Crippen MR) is 227 cm³/mol. The lowest BCUT2D eigenvalue weighted by atomic mass is 9.82. The molecule has 0 fully saturated rings. The highest BCUT2D eigenvalue weighted by molar-refractivity contribution is 6.22. The van der Waals surface area contributed by atoms with Gasteiger partial charge in [-0.15, -0.1) is 0 Å². The zero-order chi connectivity index (χ0) is 37.0. The van der Waals surface area contributed by atoms with E-state index in [0.29, 0.717) is 22.6 Å². The molecule has 0 aliphatic heterocycles. The summed E-state index contributed by atoms with van der Waals surface area (Å²) in [5, 5.41) is 17.8. The van der Waals surface area contributed by atoms with Crippen molar-refractivity contribution in [2.75, 3.05) is 0 Å². The molecule has 8 aromatic carbocycles. The fourth-order valence-corrected chi connectivity index (χ4v) is 9.39. The highest BCUT2D eigenvalue weighted by atomic mass is 15.0. The van der Waals surface area contributed by atoms with Gasteiger partial charge >= 0.3 is 0 Å². The van der Waals surface area contributed by atoms with Gasteiger partial charge in [0.25, 0.3) is 0 Å². The third-order valence-electron chi connectivity index (χ3n) is 12.0. The van der Waals surface area contributed by atoms with E-state index in [1.807, 2.05) is 24.3 Å². The van der Waals surface area contributed by atoms with E-state index >= 15 is 0 Å². The van der Waals surface area contributed by atoms with Crippen molar-refractivity contribution in [3.05, 3.63) is 186 Å². The Balaban J connectivity index is 1.20. The lowest BCUT2D eigenvalue weighted by Crippen LogP contribution is -2.15. The minimum atomic E-state index is -0.188. The summed E-state index contributed by atoms with van der Waals surface area (Å²) in [6.07, 6.45) is 0. The van der Waals surface area contributed by atoms with Crippen molar-refractivity contribution < 1.29 is 0 Å². The summed E-state index contributed by atoms with van der Waals surface area (Å²) in [5.41, 5.74) is 13.6. The fourth-order valence-electron chi connectivity index (χ4n) is 9.39. The molecule has 55 heavy (non-hydrogen) atoms. The van der Waals surface area contributed by atoms with Gasteiger partial charge in [-0.1, -0.05) is 123 Å². The number of nitriles is 1. The molecule has 0 saturated carbocycles. The number of aromatic nitrogens is 2. The van der Waals surface area contributed by atoms with Crippen LogP contribution in [0.5, 0.6) is 0 Å². The van der Waals surface area contributed by atoms with E-state index in [2.05, 4.69) is 167 Å². The molecule has 0 atom stereocenters. The second-order valence-corrected chi connectivity index (χ2v) is 15.1. The number of para-hydroxylation sites is 1. The molecule has 0 amide bonds. The topological polar surface area (TPSA) is 38.0 Å². The molecule has 10 aromatic rings. The molecule has 1 aliphatic rings. The summed E-state index contributed by atoms with van der Waals surface area (Å²) < 4.78 is 4.38. The number of fused-ring (bicyclic) bond motifs is 11. The Morgan fingerprint density at radius 3 is 2.07 bits per heavy atom. The molecule has 0 spiro atoms. The van der Waals surface area contributed by atoms with Crippen LogP contribution in [-0.2, 0) is 5.41 Å². The van der Waals surface area contributed by atoms with Crippen LogP contribution < -0.4 is 0 Å². The van der Waals surface area contributed by atoms with Gasteiger partial charge in [0.15, 0.2) is 0 Å². The second-order valence-electron chi connectivity index (χ2n) is 15.1. The minimum absolute atomic E-state index is 0.188. The van der Waals surface area contributed by atoms with Crippen LogP contribution in [0.25, 0.3) is 92.9 Å². The van der Waals surface area contributed by atoms with Gasteiger partial charge in [-0.3, -0.25) is 0 Å². The molecule has 0 unspecified atom stereocenters. The van der Waals surface area contributed by atoms with Gasteiger partial charge in [-0.05, 0) is 92.7 Å². The maximum absolute atomic E-state index is 11.0. The number of hydrogen-bond donors (Lipinski definition) is 0. The van der Waals surface area contributed by atoms with E-state index in [4.69, 9.17) is 6.57 Å². The molecule has 4 heteroatoms. The lowest BCUT2D eigenvalue weighted by Gasteiger charge is -2.22. The molecule has 0 N–H and O–H groups in total. The summed E-state index contributed by atoms with van der Waals surface area (Å²) in [6.45, 7) is 13.2. The number of hydrogen-bond acceptors (Lipinski definition) is 1. The first kappa shape index (κ1) is 31.2. The highest BCUT2D eigenvalue weighted by Crippen LogP contribution is 2.51. The van der Waals surface area contributed by atoms with E-state index in [-0.39, 0.29) is 5.41 Å². The van der Waals surface area contributed by atoms with E-state index in [1.165, 1.54) is 22.3 Å². The van der Waals surface area contributed by atoms with E-state index in [1.54, 1.807) is 0 Å². The smallest absolute Gasteiger partial charge is 0.212 e. The standard InChI is InChI=1S/C51H32N4/c1-51(2)41-19-11-9-17-36(41)38-27-39-37-18-10-12-20-44(37)55(48(39)28-42(38)51)49-26-34(30-52)47(29-43(49)53-3)54-45-23-22-33(31-13-5-4-6-14-31)25-40(45)50-35-16-8-7-15-32(35)21-24-46(50)54/h4-29H,1-2H3. The van der Waals surface area contributed by atoms with Gasteiger partial charge in [-0.25, -0.2) is 4.85 Å². The van der Waals surface area contributed by atoms with Crippen LogP contribution in [0.4, 0.5) is 5.69 Å². The summed E-state index contributed by atoms with van der Waals surface area (Å²) in [6, 6.07) is 58.0. The molecule has 2 heterocycles. The van der Waals surface area contributed by atoms with E-state index in [9.17, 15) is 5.26 Å². The average molecular weight is 701 g/mol. The van der Waals surface area contributed by atoms with Crippen LogP contribution in [0.3, 0.4) is 0 Å². The maximum atomic E-state index is 11.0. The van der Waals surface area contributed by atoms with Crippen LogP contribution in [-0.4, -0.2) is 9.13 Å². The van der Waals surface area contributed by atoms with Crippen molar-refractivity contribution in [1.82, 2.24) is 9.13 Å². The van der Waals surface area contributed by atoms with E-state index < -0.39 is 0 Å². The molecule has 11 rings (SSSR count). The lowest BCUT2D eigenvalue weighted by molar-refractivity contribution is 0.661. The minimum Gasteiger partial charge on any atom is -0.319 e. The van der Waals surface area contributed by atoms with Gasteiger partial charge in [0.2, 0.25) is 5.69 Å². The Labute approximate surface area is 318 Å². The van der Waals surface area contributed by atoms with Crippen molar-refractivity contribution in [2.24, 2.45) is 0 Å². The normalized spacial score (nSPS) is 13.0. The molecular formula is C51H32N4. The molecule has 256 valence electrons. The van der Waals surface area contributed by atoms with Crippen LogP contribution in [0.15, 0.2) is 158 Å². The molecule has 0 saturated heterocycles. The van der Waals surface area contributed by atoms with Crippen LogP contribution in [0.2, 0.25) is 0 Å². The molecule has 1 aliphatic carbocycles. The fraction of sp³-hybridized carbons (Fsp3) is 0.0588. The molecule has 4 nitrogen and oxygen atoms in total. The first-order chi connectivity index (χ1) is 27.0. The van der Waals surface area contributed by atoms with Gasteiger partial charge in [-0.2, -0.15) is 5.26 Å². The Morgan fingerprint density at radius 2 is 1.24 bits per heavy atom. The molecule has 0 radical (unpaired) electrons. The Morgan fingerprint density at radius 1 is 0.527 bits per heavy atom. The zero-order valence-electron chi connectivity index (χ0n) is 30.3. The van der Waals surface area contributed by atoms with Crippen molar-refractivity contribution in [2.45, 2.75) is 19.3 Å². The van der Waals surface area contributed by atoms with Crippen LogP contribution in [0, 0.1) is 17.9 Å². The van der Waals surface area contributed by atoms with Gasteiger partial charge in [0, 0.05) is 27.0 Å². The largest absolute Gasteiger partial charge is 0.319 e. The quantitative estimate of drug-likeness (QED) is 0.169. The highest BCUT2D eigenvalue weighted by Gasteiger charge is 2.36. The Kier molecular flexibility index (Phi) is 6.40. The SMILES string of the molecule is [C-]#[N+]c1cc(-n2c3ccc(-c4ccccc4)cc3c3c4ccccc4ccc32)c(C#N)cc1-n1c2ccccc2c2cc3c(cc21)C(C)(C)c1ccccc1-3. The molecule has 2 aromatic heterocycles. The van der Waals surface area contributed by atoms with Gasteiger partial charge < -0.3 is 9.13 Å². The second kappa shape index (κ2) is 11.3. The van der Waals surface area contributed by atoms with Crippen LogP contribution >= 0.6 is 0 Å². The van der Waals surface area contributed by atoms with Crippen molar-refractivity contribution >= 4 is 60.1 Å². The summed E-state index contributed by atoms with van der Waals surface area (Å²) in [5.74, 6) is 0. The maximum Gasteiger partial charge on any atom is 0.212 e. The Hall–Kier alpha value is -7.40. The Bertz CT molecular complexity index is 3360. The summed E-state index contributed by atoms with van der Waals surface area (Å²) in [4.78, 5) is 4.19. The average Bonchev–Trinajstić information content (AvgIpc) is 3.82. The third kappa shape index (κ3) is 4.25. The van der Waals surface area contributed by atoms with Crippen LogP contribution in [0.1, 0.15) is 30.5 Å². The molecular weight excluding hydrogens is 669 g/mol. The summed E-state index contributed by atoms with van der Waals surface area (Å²) in [7, 11) is 0. The number of benzene rings is 8. The zero-order valence-corrected chi connectivity index (χ0v) is 30.3. The number of rotatable bonds is 3. The van der Waals surface area contributed by atoms with Crippen molar-refractivity contribution in [3.63, 3.8) is 0 Å². The number of nitrogens with zero attached hydrogens (tertiary/aromatic N) is 4. The molecule has 0 bridgehead atoms. The first-order valence-electron chi connectivity index (χ1n) is 18.6. The first-order valence-corrected chi connectivity index (χ1v) is 18.6. The van der Waals surface area contributed by atoms with Gasteiger partial charge in [0.1, 0.15) is 6.07 Å². The monoisotopic (exact) mass is 700 g/mol. The van der Waals surface area contributed by atoms with E-state index in [0.717, 1.165) is 65.5 Å².